The summed E-state index contributed by atoms with van der Waals surface area (Å²) >= 11 is 0. The second kappa shape index (κ2) is 8.14. The lowest BCUT2D eigenvalue weighted by Crippen LogP contribution is -2.35. The molecule has 1 aliphatic heterocycles. The van der Waals surface area contributed by atoms with E-state index in [1.807, 2.05) is 0 Å². The average Bonchev–Trinajstić information content (AvgIpc) is 2.61. The van der Waals surface area contributed by atoms with E-state index in [1.165, 1.54) is 39.0 Å². The standard InChI is InChI=1S/C25H31N3/c1-8-21-9-10-22(26-23-17(4)11-15(2)12-18(23)5)27-25(21)28-24-19(6)13-16(3)14-20(24)7/h9,11-14H,8,10H2,1-7H3,(H,26,27,28). The van der Waals surface area contributed by atoms with Gasteiger partial charge in [-0.2, -0.15) is 0 Å². The van der Waals surface area contributed by atoms with E-state index in [0.29, 0.717) is 0 Å². The van der Waals surface area contributed by atoms with Crippen molar-refractivity contribution < 1.29 is 0 Å². The fraction of sp³-hybridized carbons (Fsp3) is 0.360. The van der Waals surface area contributed by atoms with Crippen LogP contribution in [0.1, 0.15) is 53.1 Å². The zero-order chi connectivity index (χ0) is 20.4. The number of hydrogen-bond acceptors (Lipinski definition) is 2. The summed E-state index contributed by atoms with van der Waals surface area (Å²) in [7, 11) is 0. The molecule has 28 heavy (non-hydrogen) atoms. The van der Waals surface area contributed by atoms with E-state index in [1.54, 1.807) is 0 Å². The summed E-state index contributed by atoms with van der Waals surface area (Å²) in [5.41, 5.74) is 10.7. The lowest BCUT2D eigenvalue weighted by atomic mass is 10.0. The fourth-order valence-electron chi connectivity index (χ4n) is 4.01. The summed E-state index contributed by atoms with van der Waals surface area (Å²) in [5, 5.41) is 3.52. The van der Waals surface area contributed by atoms with Crippen LogP contribution < -0.4 is 5.32 Å². The van der Waals surface area contributed by atoms with Gasteiger partial charge in [-0.05, 0) is 75.8 Å². The molecule has 0 saturated carbocycles. The van der Waals surface area contributed by atoms with Gasteiger partial charge in [0.1, 0.15) is 11.7 Å². The topological polar surface area (TPSA) is 36.8 Å². The van der Waals surface area contributed by atoms with Crippen molar-refractivity contribution in [1.29, 1.82) is 0 Å². The molecule has 3 rings (SSSR count). The zero-order valence-corrected chi connectivity index (χ0v) is 18.2. The predicted octanol–water partition coefficient (Wildman–Crippen LogP) is 6.63. The lowest BCUT2D eigenvalue weighted by molar-refractivity contribution is 1.07. The molecule has 0 spiro atoms. The van der Waals surface area contributed by atoms with Crippen LogP contribution in [0.3, 0.4) is 0 Å². The molecule has 0 amide bonds. The van der Waals surface area contributed by atoms with E-state index in [4.69, 9.17) is 9.98 Å². The van der Waals surface area contributed by atoms with E-state index >= 15 is 0 Å². The van der Waals surface area contributed by atoms with Crippen LogP contribution in [-0.4, -0.2) is 11.7 Å². The molecule has 0 bridgehead atoms. The molecule has 3 heteroatoms. The van der Waals surface area contributed by atoms with Crippen molar-refractivity contribution in [3.05, 3.63) is 69.3 Å². The van der Waals surface area contributed by atoms with Crippen molar-refractivity contribution in [2.45, 2.75) is 61.3 Å². The lowest BCUT2D eigenvalue weighted by Gasteiger charge is -2.20. The highest BCUT2D eigenvalue weighted by molar-refractivity contribution is 6.13. The molecule has 0 saturated heterocycles. The zero-order valence-electron chi connectivity index (χ0n) is 18.2. The Hall–Kier alpha value is -2.68. The molecule has 0 atom stereocenters. The molecule has 2 aromatic rings. The molecule has 1 aliphatic rings. The maximum Gasteiger partial charge on any atom is 0.134 e. The molecule has 146 valence electrons. The third-order valence-corrected chi connectivity index (χ3v) is 5.23. The molecule has 0 aliphatic carbocycles. The number of aryl methyl sites for hydroxylation is 6. The Labute approximate surface area is 169 Å². The number of aliphatic imine (C=N–C) groups is 2. The molecule has 0 unspecified atom stereocenters. The molecule has 0 fully saturated rings. The fourth-order valence-corrected chi connectivity index (χ4v) is 4.01. The highest BCUT2D eigenvalue weighted by Crippen LogP contribution is 2.28. The minimum absolute atomic E-state index is 0.806. The Balaban J connectivity index is 2.02. The first-order chi connectivity index (χ1) is 13.3. The van der Waals surface area contributed by atoms with Crippen molar-refractivity contribution in [1.82, 2.24) is 5.32 Å². The summed E-state index contributed by atoms with van der Waals surface area (Å²) < 4.78 is 0. The van der Waals surface area contributed by atoms with Gasteiger partial charge in [0, 0.05) is 6.42 Å². The minimum atomic E-state index is 0.806. The van der Waals surface area contributed by atoms with Gasteiger partial charge in [0.25, 0.3) is 0 Å². The molecule has 0 aromatic heterocycles. The van der Waals surface area contributed by atoms with Gasteiger partial charge in [0.15, 0.2) is 0 Å². The summed E-state index contributed by atoms with van der Waals surface area (Å²) in [4.78, 5) is 9.98. The van der Waals surface area contributed by atoms with Crippen molar-refractivity contribution in [3.63, 3.8) is 0 Å². The first-order valence-electron chi connectivity index (χ1n) is 10.1. The van der Waals surface area contributed by atoms with Gasteiger partial charge in [0.05, 0.1) is 11.4 Å². The number of nitrogens with zero attached hydrogens (tertiary/aromatic N) is 2. The maximum atomic E-state index is 5.02. The highest BCUT2D eigenvalue weighted by atomic mass is 15.1. The van der Waals surface area contributed by atoms with Crippen LogP contribution in [-0.2, 0) is 0 Å². The van der Waals surface area contributed by atoms with Gasteiger partial charge in [0.2, 0.25) is 0 Å². The van der Waals surface area contributed by atoms with E-state index in [-0.39, 0.29) is 0 Å². The molecule has 2 aromatic carbocycles. The molecule has 3 nitrogen and oxygen atoms in total. The first-order valence-corrected chi connectivity index (χ1v) is 10.1. The summed E-state index contributed by atoms with van der Waals surface area (Å²) in [6.07, 6.45) is 4.01. The number of amidine groups is 2. The first kappa shape index (κ1) is 20.1. The van der Waals surface area contributed by atoms with E-state index in [0.717, 1.165) is 35.9 Å². The number of nitrogens with one attached hydrogen (secondary N) is 1. The molecule has 0 radical (unpaired) electrons. The number of hydrogen-bond donors (Lipinski definition) is 1. The van der Waals surface area contributed by atoms with E-state index < -0.39 is 0 Å². The predicted molar refractivity (Wildman–Crippen MR) is 122 cm³/mol. The van der Waals surface area contributed by atoms with Gasteiger partial charge in [-0.25, -0.2) is 9.98 Å². The van der Waals surface area contributed by atoms with Crippen LogP contribution in [0.25, 0.3) is 0 Å². The van der Waals surface area contributed by atoms with Gasteiger partial charge >= 0.3 is 0 Å². The molecular weight excluding hydrogens is 342 g/mol. The Bertz CT molecular complexity index is 960. The average molecular weight is 374 g/mol. The third-order valence-electron chi connectivity index (χ3n) is 5.23. The molecular formula is C25H31N3. The highest BCUT2D eigenvalue weighted by Gasteiger charge is 2.16. The van der Waals surface area contributed by atoms with Crippen LogP contribution in [0.5, 0.6) is 0 Å². The van der Waals surface area contributed by atoms with Crippen LogP contribution in [0.15, 0.2) is 45.9 Å². The van der Waals surface area contributed by atoms with Crippen molar-refractivity contribution in [2.75, 3.05) is 0 Å². The van der Waals surface area contributed by atoms with Crippen LogP contribution in [0, 0.1) is 41.5 Å². The Morgan fingerprint density at radius 2 is 1.21 bits per heavy atom. The minimum Gasteiger partial charge on any atom is -0.328 e. The number of rotatable bonds is 3. The van der Waals surface area contributed by atoms with Crippen molar-refractivity contribution in [3.8, 4) is 0 Å². The van der Waals surface area contributed by atoms with E-state index in [9.17, 15) is 0 Å². The largest absolute Gasteiger partial charge is 0.328 e. The Kier molecular flexibility index (Phi) is 5.83. The second-order valence-corrected chi connectivity index (χ2v) is 7.93. The molecule has 1 N–H and O–H groups in total. The van der Waals surface area contributed by atoms with Crippen LogP contribution in [0.4, 0.5) is 11.4 Å². The second-order valence-electron chi connectivity index (χ2n) is 7.93. The third kappa shape index (κ3) is 4.24. The summed E-state index contributed by atoms with van der Waals surface area (Å²) in [6.45, 7) is 15.0. The Morgan fingerprint density at radius 3 is 1.68 bits per heavy atom. The monoisotopic (exact) mass is 373 g/mol. The van der Waals surface area contributed by atoms with E-state index in [2.05, 4.69) is 84.1 Å². The SMILES string of the molecule is CCC1=CCC(=Nc2c(C)cc(C)cc2C)NC1=Nc1c(C)cc(C)cc1C. The van der Waals surface area contributed by atoms with Gasteiger partial charge in [-0.1, -0.05) is 48.4 Å². The van der Waals surface area contributed by atoms with Gasteiger partial charge in [-0.15, -0.1) is 0 Å². The smallest absolute Gasteiger partial charge is 0.134 e. The maximum absolute atomic E-state index is 5.02. The van der Waals surface area contributed by atoms with Crippen molar-refractivity contribution >= 4 is 23.0 Å². The molecule has 1 heterocycles. The van der Waals surface area contributed by atoms with Crippen LogP contribution >= 0.6 is 0 Å². The Morgan fingerprint density at radius 1 is 0.750 bits per heavy atom. The number of benzene rings is 2. The van der Waals surface area contributed by atoms with Crippen molar-refractivity contribution in [2.24, 2.45) is 9.98 Å². The summed E-state index contributed by atoms with van der Waals surface area (Å²) in [6, 6.07) is 8.77. The quantitative estimate of drug-likeness (QED) is 0.644. The normalized spacial score (nSPS) is 17.0. The summed E-state index contributed by atoms with van der Waals surface area (Å²) in [5.74, 6) is 1.87. The van der Waals surface area contributed by atoms with Crippen LogP contribution in [0.2, 0.25) is 0 Å². The van der Waals surface area contributed by atoms with Gasteiger partial charge < -0.3 is 5.32 Å². The van der Waals surface area contributed by atoms with Gasteiger partial charge in [-0.3, -0.25) is 0 Å².